The number of halogens is 1. The smallest absolute Gasteiger partial charge is 0.244 e. The van der Waals surface area contributed by atoms with Crippen LogP contribution < -0.4 is 0 Å². The van der Waals surface area contributed by atoms with Gasteiger partial charge < -0.3 is 0 Å². The Labute approximate surface area is 76.7 Å². The fourth-order valence-corrected chi connectivity index (χ4v) is 1.46. The molecular formula is C8H12ClNO2. The lowest BCUT2D eigenvalue weighted by Gasteiger charge is -2.16. The number of imide groups is 1. The van der Waals surface area contributed by atoms with E-state index in [0.29, 0.717) is 13.0 Å². The van der Waals surface area contributed by atoms with Crippen molar-refractivity contribution in [3.8, 4) is 0 Å². The van der Waals surface area contributed by atoms with Crippen LogP contribution in [-0.4, -0.2) is 29.1 Å². The van der Waals surface area contributed by atoms with Crippen LogP contribution in [0.15, 0.2) is 0 Å². The van der Waals surface area contributed by atoms with Crippen molar-refractivity contribution < 1.29 is 9.59 Å². The molecule has 1 aliphatic rings. The summed E-state index contributed by atoms with van der Waals surface area (Å²) in [6, 6.07) is 0. The first kappa shape index (κ1) is 9.52. The maximum Gasteiger partial charge on any atom is 0.244 e. The third-order valence-corrected chi connectivity index (χ3v) is 2.22. The number of nitrogens with zero attached hydrogens (tertiary/aromatic N) is 1. The molecule has 68 valence electrons. The third-order valence-electron chi connectivity index (χ3n) is 1.99. The van der Waals surface area contributed by atoms with Crippen molar-refractivity contribution >= 4 is 23.4 Å². The van der Waals surface area contributed by atoms with Gasteiger partial charge in [0.15, 0.2) is 0 Å². The molecule has 12 heavy (non-hydrogen) atoms. The molecule has 0 saturated carbocycles. The van der Waals surface area contributed by atoms with E-state index in [4.69, 9.17) is 11.6 Å². The number of carbonyl (C=O) groups is 2. The second-order valence-electron chi connectivity index (χ2n) is 2.88. The fourth-order valence-electron chi connectivity index (χ4n) is 1.32. The lowest BCUT2D eigenvalue weighted by atomic mass is 10.2. The minimum Gasteiger partial charge on any atom is -0.282 e. The summed E-state index contributed by atoms with van der Waals surface area (Å²) in [7, 11) is 0. The molecule has 0 radical (unpaired) electrons. The van der Waals surface area contributed by atoms with E-state index in [-0.39, 0.29) is 17.7 Å². The Balaban J connectivity index is 2.59. The van der Waals surface area contributed by atoms with Gasteiger partial charge in [0, 0.05) is 13.0 Å². The summed E-state index contributed by atoms with van der Waals surface area (Å²) in [6.07, 6.45) is 3.32. The zero-order chi connectivity index (χ0) is 8.97. The number of rotatable bonds is 1. The van der Waals surface area contributed by atoms with Gasteiger partial charge in [0.05, 0.1) is 0 Å². The van der Waals surface area contributed by atoms with E-state index in [0.717, 1.165) is 19.3 Å². The predicted molar refractivity (Wildman–Crippen MR) is 45.9 cm³/mol. The van der Waals surface area contributed by atoms with Gasteiger partial charge in [-0.25, -0.2) is 0 Å². The molecule has 1 aliphatic heterocycles. The molecule has 2 amide bonds. The molecule has 0 spiro atoms. The number of alkyl halides is 1. The molecule has 0 bridgehead atoms. The first-order valence-corrected chi connectivity index (χ1v) is 4.68. The Hall–Kier alpha value is -0.570. The SMILES string of the molecule is O=C(CCl)N1CCCCCC1=O. The van der Waals surface area contributed by atoms with Crippen LogP contribution in [0.3, 0.4) is 0 Å². The van der Waals surface area contributed by atoms with Crippen LogP contribution >= 0.6 is 11.6 Å². The molecule has 1 saturated heterocycles. The maximum absolute atomic E-state index is 11.3. The van der Waals surface area contributed by atoms with Crippen molar-refractivity contribution in [3.05, 3.63) is 0 Å². The molecule has 0 aromatic rings. The summed E-state index contributed by atoms with van der Waals surface area (Å²) < 4.78 is 0. The first-order chi connectivity index (χ1) is 5.75. The minimum absolute atomic E-state index is 0.0712. The summed E-state index contributed by atoms with van der Waals surface area (Å²) in [6.45, 7) is 0.546. The molecule has 0 unspecified atom stereocenters. The summed E-state index contributed by atoms with van der Waals surface area (Å²) in [5.74, 6) is -0.423. The van der Waals surface area contributed by atoms with Crippen LogP contribution in [0.2, 0.25) is 0 Å². The topological polar surface area (TPSA) is 37.4 Å². The van der Waals surface area contributed by atoms with Crippen molar-refractivity contribution in [2.45, 2.75) is 25.7 Å². The molecule has 0 N–H and O–H groups in total. The first-order valence-electron chi connectivity index (χ1n) is 4.15. The molecule has 1 heterocycles. The van der Waals surface area contributed by atoms with Gasteiger partial charge in [0.1, 0.15) is 5.88 Å². The largest absolute Gasteiger partial charge is 0.282 e. The highest BCUT2D eigenvalue weighted by Gasteiger charge is 2.21. The van der Waals surface area contributed by atoms with Crippen LogP contribution in [0.1, 0.15) is 25.7 Å². The van der Waals surface area contributed by atoms with Gasteiger partial charge in [0.2, 0.25) is 11.8 Å². The van der Waals surface area contributed by atoms with Gasteiger partial charge in [-0.05, 0) is 12.8 Å². The van der Waals surface area contributed by atoms with Crippen LogP contribution in [0, 0.1) is 0 Å². The molecule has 0 aromatic carbocycles. The van der Waals surface area contributed by atoms with Crippen molar-refractivity contribution in [3.63, 3.8) is 0 Å². The van der Waals surface area contributed by atoms with Crippen LogP contribution in [0.5, 0.6) is 0 Å². The number of hydrogen-bond donors (Lipinski definition) is 0. The standard InChI is InChI=1S/C8H12ClNO2/c9-6-8(12)10-5-3-1-2-4-7(10)11/h1-6H2. The fraction of sp³-hybridized carbons (Fsp3) is 0.750. The Kier molecular flexibility index (Phi) is 3.53. The van der Waals surface area contributed by atoms with E-state index in [1.807, 2.05) is 0 Å². The van der Waals surface area contributed by atoms with Gasteiger partial charge >= 0.3 is 0 Å². The monoisotopic (exact) mass is 189 g/mol. The summed E-state index contributed by atoms with van der Waals surface area (Å²) in [5.41, 5.74) is 0. The third kappa shape index (κ3) is 2.21. The predicted octanol–water partition coefficient (Wildman–Crippen LogP) is 1.15. The van der Waals surface area contributed by atoms with Gasteiger partial charge in [-0.3, -0.25) is 14.5 Å². The van der Waals surface area contributed by atoms with E-state index in [1.165, 1.54) is 4.90 Å². The van der Waals surface area contributed by atoms with Crippen LogP contribution in [0.4, 0.5) is 0 Å². The van der Waals surface area contributed by atoms with Crippen LogP contribution in [-0.2, 0) is 9.59 Å². The molecule has 0 atom stereocenters. The van der Waals surface area contributed by atoms with Crippen molar-refractivity contribution in [1.82, 2.24) is 4.90 Å². The van der Waals surface area contributed by atoms with E-state index >= 15 is 0 Å². The lowest BCUT2D eigenvalue weighted by molar-refractivity contribution is -0.142. The molecule has 1 rings (SSSR count). The maximum atomic E-state index is 11.3. The lowest BCUT2D eigenvalue weighted by Crippen LogP contribution is -2.37. The number of amides is 2. The summed E-state index contributed by atoms with van der Waals surface area (Å²) in [4.78, 5) is 23.6. The number of carbonyl (C=O) groups excluding carboxylic acids is 2. The molecular weight excluding hydrogens is 178 g/mol. The van der Waals surface area contributed by atoms with E-state index in [2.05, 4.69) is 0 Å². The van der Waals surface area contributed by atoms with E-state index < -0.39 is 0 Å². The quantitative estimate of drug-likeness (QED) is 0.581. The number of hydrogen-bond acceptors (Lipinski definition) is 2. The number of likely N-dealkylation sites (tertiary alicyclic amines) is 1. The molecule has 1 fully saturated rings. The van der Waals surface area contributed by atoms with Gasteiger partial charge in [-0.2, -0.15) is 0 Å². The highest BCUT2D eigenvalue weighted by Crippen LogP contribution is 2.11. The second-order valence-corrected chi connectivity index (χ2v) is 3.15. The Bertz CT molecular complexity index is 193. The summed E-state index contributed by atoms with van der Waals surface area (Å²) >= 11 is 5.36. The van der Waals surface area contributed by atoms with Gasteiger partial charge in [-0.1, -0.05) is 6.42 Å². The zero-order valence-corrected chi connectivity index (χ0v) is 7.64. The van der Waals surface area contributed by atoms with E-state index in [1.54, 1.807) is 0 Å². The van der Waals surface area contributed by atoms with Crippen molar-refractivity contribution in [2.75, 3.05) is 12.4 Å². The van der Waals surface area contributed by atoms with E-state index in [9.17, 15) is 9.59 Å². The molecule has 4 heteroatoms. The minimum atomic E-state index is -0.261. The Morgan fingerprint density at radius 1 is 1.42 bits per heavy atom. The average molecular weight is 190 g/mol. The molecule has 0 aliphatic carbocycles. The normalized spacial score (nSPS) is 19.1. The Morgan fingerprint density at radius 2 is 2.17 bits per heavy atom. The Morgan fingerprint density at radius 3 is 2.83 bits per heavy atom. The van der Waals surface area contributed by atoms with Gasteiger partial charge in [-0.15, -0.1) is 11.6 Å². The van der Waals surface area contributed by atoms with Crippen molar-refractivity contribution in [2.24, 2.45) is 0 Å². The second kappa shape index (κ2) is 4.45. The highest BCUT2D eigenvalue weighted by atomic mass is 35.5. The summed E-state index contributed by atoms with van der Waals surface area (Å²) in [5, 5.41) is 0. The zero-order valence-electron chi connectivity index (χ0n) is 6.88. The van der Waals surface area contributed by atoms with Crippen molar-refractivity contribution in [1.29, 1.82) is 0 Å². The average Bonchev–Trinajstić information content (AvgIpc) is 2.28. The highest BCUT2D eigenvalue weighted by molar-refractivity contribution is 6.28. The molecule has 3 nitrogen and oxygen atoms in total. The van der Waals surface area contributed by atoms with Gasteiger partial charge in [0.25, 0.3) is 0 Å². The molecule has 0 aromatic heterocycles. The van der Waals surface area contributed by atoms with Crippen LogP contribution in [0.25, 0.3) is 0 Å².